The Morgan fingerprint density at radius 2 is 2.22 bits per heavy atom. The minimum Gasteiger partial charge on any atom is -0.355 e. The molecule has 8 heteroatoms. The second-order valence-corrected chi connectivity index (χ2v) is 3.92. The molecule has 0 saturated heterocycles. The maximum atomic E-state index is 11.6. The Balaban J connectivity index is 2.97. The highest BCUT2D eigenvalue weighted by Crippen LogP contribution is 2.27. The van der Waals surface area contributed by atoms with Crippen LogP contribution in [0.25, 0.3) is 0 Å². The molecule has 0 bridgehead atoms. The number of nitro groups is 1. The normalized spacial score (nSPS) is 12.0. The summed E-state index contributed by atoms with van der Waals surface area (Å²) in [6.07, 6.45) is 0. The number of nitrogens with one attached hydrogen (secondary N) is 2. The first-order valence-electron chi connectivity index (χ1n) is 5.60. The topological polar surface area (TPSA) is 102 Å². The van der Waals surface area contributed by atoms with E-state index in [-0.39, 0.29) is 17.4 Å². The highest BCUT2D eigenvalue weighted by atomic mass is 16.6. The molecule has 0 fully saturated rings. The number of carbonyl (C=O) groups excluding carboxylic acids is 1. The summed E-state index contributed by atoms with van der Waals surface area (Å²) in [5.41, 5.74) is 0.210. The van der Waals surface area contributed by atoms with Crippen LogP contribution < -0.4 is 10.6 Å². The van der Waals surface area contributed by atoms with E-state index >= 15 is 0 Å². The van der Waals surface area contributed by atoms with E-state index in [1.807, 2.05) is 0 Å². The molecule has 0 aliphatic rings. The molecule has 0 spiro atoms. The van der Waals surface area contributed by atoms with Gasteiger partial charge in [-0.25, -0.2) is 4.68 Å². The molecule has 0 aliphatic carbocycles. The van der Waals surface area contributed by atoms with Gasteiger partial charge in [0.2, 0.25) is 11.7 Å². The number of aromatic nitrogens is 2. The Hall–Kier alpha value is -2.12. The summed E-state index contributed by atoms with van der Waals surface area (Å²) < 4.78 is 1.36. The van der Waals surface area contributed by atoms with Crippen LogP contribution in [0.3, 0.4) is 0 Å². The van der Waals surface area contributed by atoms with Gasteiger partial charge in [-0.15, -0.1) is 0 Å². The van der Waals surface area contributed by atoms with Crippen LogP contribution >= 0.6 is 0 Å². The maximum absolute atomic E-state index is 11.6. The second kappa shape index (κ2) is 5.48. The van der Waals surface area contributed by atoms with E-state index < -0.39 is 11.0 Å². The van der Waals surface area contributed by atoms with Crippen molar-refractivity contribution in [1.82, 2.24) is 15.1 Å². The molecule has 1 aromatic rings. The molecule has 18 heavy (non-hydrogen) atoms. The molecule has 0 aromatic carbocycles. The molecule has 1 atom stereocenters. The van der Waals surface area contributed by atoms with E-state index in [4.69, 9.17) is 0 Å². The van der Waals surface area contributed by atoms with Crippen LogP contribution in [0.5, 0.6) is 0 Å². The monoisotopic (exact) mass is 255 g/mol. The predicted molar refractivity (Wildman–Crippen MR) is 66.4 cm³/mol. The van der Waals surface area contributed by atoms with Gasteiger partial charge >= 0.3 is 5.69 Å². The molecule has 1 aromatic heterocycles. The molecule has 0 aliphatic heterocycles. The minimum atomic E-state index is -0.571. The van der Waals surface area contributed by atoms with E-state index in [2.05, 4.69) is 15.7 Å². The van der Waals surface area contributed by atoms with Gasteiger partial charge in [-0.3, -0.25) is 14.9 Å². The third-order valence-electron chi connectivity index (χ3n) is 2.47. The quantitative estimate of drug-likeness (QED) is 0.591. The van der Waals surface area contributed by atoms with Gasteiger partial charge in [-0.2, -0.15) is 5.10 Å². The summed E-state index contributed by atoms with van der Waals surface area (Å²) in [6.45, 7) is 5.51. The number of aryl methyl sites for hydroxylation is 2. The highest BCUT2D eigenvalue weighted by molar-refractivity contribution is 5.84. The molecule has 0 radical (unpaired) electrons. The van der Waals surface area contributed by atoms with Crippen molar-refractivity contribution in [2.24, 2.45) is 7.05 Å². The van der Waals surface area contributed by atoms with Crippen molar-refractivity contribution in [1.29, 1.82) is 0 Å². The highest BCUT2D eigenvalue weighted by Gasteiger charge is 2.26. The molecule has 1 rings (SSSR count). The third kappa shape index (κ3) is 2.76. The van der Waals surface area contributed by atoms with Gasteiger partial charge < -0.3 is 10.6 Å². The van der Waals surface area contributed by atoms with Crippen molar-refractivity contribution in [3.05, 3.63) is 15.8 Å². The van der Waals surface area contributed by atoms with E-state index in [9.17, 15) is 14.9 Å². The van der Waals surface area contributed by atoms with Crippen LogP contribution in [0.15, 0.2) is 0 Å². The Bertz CT molecular complexity index is 468. The molecule has 8 nitrogen and oxygen atoms in total. The number of hydrogen-bond acceptors (Lipinski definition) is 5. The zero-order valence-corrected chi connectivity index (χ0v) is 10.9. The van der Waals surface area contributed by atoms with Crippen LogP contribution in [0.2, 0.25) is 0 Å². The summed E-state index contributed by atoms with van der Waals surface area (Å²) in [4.78, 5) is 22.0. The van der Waals surface area contributed by atoms with E-state index in [0.717, 1.165) is 0 Å². The largest absolute Gasteiger partial charge is 0.355 e. The van der Waals surface area contributed by atoms with Crippen LogP contribution in [-0.4, -0.2) is 33.2 Å². The number of carbonyl (C=O) groups is 1. The lowest BCUT2D eigenvalue weighted by atomic mass is 10.3. The van der Waals surface area contributed by atoms with Gasteiger partial charge in [0.25, 0.3) is 0 Å². The van der Waals surface area contributed by atoms with Crippen molar-refractivity contribution >= 4 is 17.4 Å². The Morgan fingerprint density at radius 1 is 1.61 bits per heavy atom. The lowest BCUT2D eigenvalue weighted by molar-refractivity contribution is -0.384. The predicted octanol–water partition coefficient (Wildman–Crippen LogP) is 0.573. The number of hydrogen-bond donors (Lipinski definition) is 2. The SMILES string of the molecule is CCNC(=O)C(C)Nc1c([N+](=O)[O-])c(C)nn1C. The number of likely N-dealkylation sites (N-methyl/N-ethyl adjacent to an activating group) is 1. The van der Waals surface area contributed by atoms with Crippen LogP contribution in [0, 0.1) is 17.0 Å². The first kappa shape index (κ1) is 13.9. The third-order valence-corrected chi connectivity index (χ3v) is 2.47. The molecule has 2 N–H and O–H groups in total. The number of amides is 1. The van der Waals surface area contributed by atoms with E-state index in [0.29, 0.717) is 12.2 Å². The van der Waals surface area contributed by atoms with Crippen LogP contribution in [0.4, 0.5) is 11.5 Å². The fourth-order valence-corrected chi connectivity index (χ4v) is 1.63. The Labute approximate surface area is 105 Å². The fourth-order valence-electron chi connectivity index (χ4n) is 1.63. The zero-order chi connectivity index (χ0) is 13.9. The summed E-state index contributed by atoms with van der Waals surface area (Å²) in [5, 5.41) is 20.4. The molecule has 1 amide bonds. The zero-order valence-electron chi connectivity index (χ0n) is 10.9. The molecule has 0 saturated carbocycles. The van der Waals surface area contributed by atoms with Gasteiger partial charge in [-0.1, -0.05) is 0 Å². The average Bonchev–Trinajstić information content (AvgIpc) is 2.54. The van der Waals surface area contributed by atoms with E-state index in [1.165, 1.54) is 4.68 Å². The molecule has 100 valence electrons. The van der Waals surface area contributed by atoms with Gasteiger partial charge in [0.1, 0.15) is 11.7 Å². The maximum Gasteiger partial charge on any atom is 0.333 e. The summed E-state index contributed by atoms with van der Waals surface area (Å²) >= 11 is 0. The molecule has 1 unspecified atom stereocenters. The summed E-state index contributed by atoms with van der Waals surface area (Å²) in [6, 6.07) is -0.571. The van der Waals surface area contributed by atoms with E-state index in [1.54, 1.807) is 27.8 Å². The number of rotatable bonds is 5. The van der Waals surface area contributed by atoms with Gasteiger partial charge in [-0.05, 0) is 20.8 Å². The summed E-state index contributed by atoms with van der Waals surface area (Å²) in [7, 11) is 1.59. The minimum absolute atomic E-state index is 0.103. The standard InChI is InChI=1S/C10H17N5O3/c1-5-11-10(16)7(3)12-9-8(15(17)18)6(2)13-14(9)4/h7,12H,5H2,1-4H3,(H,11,16). The first-order chi connectivity index (χ1) is 8.38. The van der Waals surface area contributed by atoms with Crippen molar-refractivity contribution in [3.8, 4) is 0 Å². The summed E-state index contributed by atoms with van der Waals surface area (Å²) in [5.74, 6) is 0.0157. The Kier molecular flexibility index (Phi) is 4.24. The molecule has 1 heterocycles. The smallest absolute Gasteiger partial charge is 0.333 e. The first-order valence-corrected chi connectivity index (χ1v) is 5.60. The van der Waals surface area contributed by atoms with Crippen molar-refractivity contribution in [3.63, 3.8) is 0 Å². The van der Waals surface area contributed by atoms with Crippen molar-refractivity contribution < 1.29 is 9.72 Å². The number of nitrogens with zero attached hydrogens (tertiary/aromatic N) is 3. The van der Waals surface area contributed by atoms with Crippen LogP contribution in [0.1, 0.15) is 19.5 Å². The van der Waals surface area contributed by atoms with Crippen molar-refractivity contribution in [2.45, 2.75) is 26.8 Å². The average molecular weight is 255 g/mol. The lowest BCUT2D eigenvalue weighted by Crippen LogP contribution is -2.37. The van der Waals surface area contributed by atoms with Gasteiger partial charge in [0.15, 0.2) is 0 Å². The fraction of sp³-hybridized carbons (Fsp3) is 0.600. The Morgan fingerprint density at radius 3 is 2.72 bits per heavy atom. The van der Waals surface area contributed by atoms with Gasteiger partial charge in [0.05, 0.1) is 4.92 Å². The second-order valence-electron chi connectivity index (χ2n) is 3.92. The number of anilines is 1. The van der Waals surface area contributed by atoms with Crippen LogP contribution in [-0.2, 0) is 11.8 Å². The van der Waals surface area contributed by atoms with Gasteiger partial charge in [0, 0.05) is 13.6 Å². The molecular formula is C10H17N5O3. The molecular weight excluding hydrogens is 238 g/mol. The van der Waals surface area contributed by atoms with Crippen molar-refractivity contribution in [2.75, 3.05) is 11.9 Å². The lowest BCUT2D eigenvalue weighted by Gasteiger charge is -2.13.